The molecule has 2 heteroatoms. The van der Waals surface area contributed by atoms with Crippen LogP contribution in [-0.2, 0) is 13.0 Å². The average Bonchev–Trinajstić information content (AvgIpc) is 2.29. The van der Waals surface area contributed by atoms with E-state index in [0.29, 0.717) is 5.92 Å². The number of hydrogen-bond acceptors (Lipinski definition) is 2. The number of rotatable bonds is 6. The van der Waals surface area contributed by atoms with Gasteiger partial charge in [-0.15, -0.1) is 0 Å². The molecule has 0 aliphatic heterocycles. The topological polar surface area (TPSA) is 32.3 Å². The molecule has 1 aromatic carbocycles. The zero-order valence-electron chi connectivity index (χ0n) is 9.66. The van der Waals surface area contributed by atoms with Crippen molar-refractivity contribution in [1.82, 2.24) is 5.32 Å². The first-order valence-corrected chi connectivity index (χ1v) is 5.66. The number of aliphatic hydroxyl groups excluding tert-OH is 1. The summed E-state index contributed by atoms with van der Waals surface area (Å²) in [4.78, 5) is 0. The quantitative estimate of drug-likeness (QED) is 0.747. The van der Waals surface area contributed by atoms with E-state index in [9.17, 15) is 0 Å². The van der Waals surface area contributed by atoms with Gasteiger partial charge in [0.15, 0.2) is 0 Å². The molecule has 0 saturated heterocycles. The predicted molar refractivity (Wildman–Crippen MR) is 63.8 cm³/mol. The minimum Gasteiger partial charge on any atom is -0.396 e. The van der Waals surface area contributed by atoms with E-state index in [4.69, 9.17) is 5.11 Å². The Morgan fingerprint density at radius 2 is 1.93 bits per heavy atom. The summed E-state index contributed by atoms with van der Waals surface area (Å²) >= 11 is 0. The van der Waals surface area contributed by atoms with E-state index in [1.54, 1.807) is 0 Å². The molecule has 0 aliphatic rings. The van der Waals surface area contributed by atoms with Crippen molar-refractivity contribution in [1.29, 1.82) is 0 Å². The number of aryl methyl sites for hydroxylation is 1. The molecule has 1 atom stereocenters. The van der Waals surface area contributed by atoms with Gasteiger partial charge in [-0.1, -0.05) is 38.1 Å². The molecule has 2 N–H and O–H groups in total. The monoisotopic (exact) mass is 207 g/mol. The van der Waals surface area contributed by atoms with Crippen molar-refractivity contribution in [3.05, 3.63) is 35.4 Å². The summed E-state index contributed by atoms with van der Waals surface area (Å²) in [5.74, 6) is 0.332. The van der Waals surface area contributed by atoms with Crippen LogP contribution in [0, 0.1) is 5.92 Å². The summed E-state index contributed by atoms with van der Waals surface area (Å²) in [7, 11) is 0. The second-order valence-electron chi connectivity index (χ2n) is 4.04. The van der Waals surface area contributed by atoms with Crippen molar-refractivity contribution < 1.29 is 5.11 Å². The summed E-state index contributed by atoms with van der Waals surface area (Å²) in [5, 5.41) is 12.3. The van der Waals surface area contributed by atoms with Crippen molar-refractivity contribution in [2.24, 2.45) is 5.92 Å². The Morgan fingerprint density at radius 3 is 2.53 bits per heavy atom. The maximum Gasteiger partial charge on any atom is 0.0468 e. The van der Waals surface area contributed by atoms with Crippen molar-refractivity contribution in [2.75, 3.05) is 13.2 Å². The molecule has 0 spiro atoms. The fourth-order valence-corrected chi connectivity index (χ4v) is 1.59. The van der Waals surface area contributed by atoms with Crippen LogP contribution < -0.4 is 5.32 Å². The highest BCUT2D eigenvalue weighted by Crippen LogP contribution is 2.08. The predicted octanol–water partition coefficient (Wildman–Crippen LogP) is 1.97. The number of benzene rings is 1. The van der Waals surface area contributed by atoms with Crippen molar-refractivity contribution in [2.45, 2.75) is 26.8 Å². The molecule has 15 heavy (non-hydrogen) atoms. The summed E-state index contributed by atoms with van der Waals surface area (Å²) in [6.45, 7) is 6.24. The molecule has 0 amide bonds. The summed E-state index contributed by atoms with van der Waals surface area (Å²) < 4.78 is 0. The number of hydrogen-bond donors (Lipinski definition) is 2. The molecule has 1 aromatic rings. The van der Waals surface area contributed by atoms with E-state index < -0.39 is 0 Å². The Balaban J connectivity index is 2.43. The van der Waals surface area contributed by atoms with Crippen LogP contribution in [0.2, 0.25) is 0 Å². The van der Waals surface area contributed by atoms with E-state index in [-0.39, 0.29) is 6.61 Å². The fraction of sp³-hybridized carbons (Fsp3) is 0.538. The summed E-state index contributed by atoms with van der Waals surface area (Å²) in [5.41, 5.74) is 2.77. The number of nitrogens with one attached hydrogen (secondary N) is 1. The van der Waals surface area contributed by atoms with Crippen LogP contribution in [-0.4, -0.2) is 18.3 Å². The van der Waals surface area contributed by atoms with Gasteiger partial charge in [-0.05, 0) is 23.5 Å². The Bertz CT molecular complexity index is 286. The van der Waals surface area contributed by atoms with Gasteiger partial charge >= 0.3 is 0 Å². The van der Waals surface area contributed by atoms with Gasteiger partial charge in [-0.3, -0.25) is 0 Å². The van der Waals surface area contributed by atoms with Crippen LogP contribution >= 0.6 is 0 Å². The molecule has 0 aliphatic carbocycles. The highest BCUT2D eigenvalue weighted by Gasteiger charge is 2.01. The smallest absolute Gasteiger partial charge is 0.0468 e. The Hall–Kier alpha value is -0.860. The molecule has 0 aromatic heterocycles. The zero-order chi connectivity index (χ0) is 11.1. The maximum atomic E-state index is 8.89. The van der Waals surface area contributed by atoms with Gasteiger partial charge in [0.25, 0.3) is 0 Å². The lowest BCUT2D eigenvalue weighted by atomic mass is 10.1. The molecule has 84 valence electrons. The number of aliphatic hydroxyl groups is 1. The van der Waals surface area contributed by atoms with Crippen LogP contribution in [0.15, 0.2) is 24.3 Å². The van der Waals surface area contributed by atoms with Crippen molar-refractivity contribution in [3.63, 3.8) is 0 Å². The molecule has 1 rings (SSSR count). The lowest BCUT2D eigenvalue weighted by molar-refractivity contribution is 0.233. The average molecular weight is 207 g/mol. The zero-order valence-corrected chi connectivity index (χ0v) is 9.66. The highest BCUT2D eigenvalue weighted by molar-refractivity contribution is 5.26. The molecular weight excluding hydrogens is 186 g/mol. The van der Waals surface area contributed by atoms with E-state index in [0.717, 1.165) is 19.5 Å². The van der Waals surface area contributed by atoms with E-state index >= 15 is 0 Å². The largest absolute Gasteiger partial charge is 0.396 e. The van der Waals surface area contributed by atoms with Crippen LogP contribution in [0.5, 0.6) is 0 Å². The first-order valence-electron chi connectivity index (χ1n) is 5.66. The van der Waals surface area contributed by atoms with E-state index in [2.05, 4.69) is 36.5 Å². The van der Waals surface area contributed by atoms with Gasteiger partial charge < -0.3 is 10.4 Å². The van der Waals surface area contributed by atoms with Crippen LogP contribution in [0.1, 0.15) is 25.0 Å². The third-order valence-electron chi connectivity index (χ3n) is 2.62. The molecule has 0 heterocycles. The second-order valence-corrected chi connectivity index (χ2v) is 4.04. The second kappa shape index (κ2) is 6.59. The van der Waals surface area contributed by atoms with Gasteiger partial charge in [0.2, 0.25) is 0 Å². The SMILES string of the molecule is CCc1ccccc1CNCC(C)CO. The minimum absolute atomic E-state index is 0.252. The summed E-state index contributed by atoms with van der Waals surface area (Å²) in [6, 6.07) is 8.49. The van der Waals surface area contributed by atoms with Crippen LogP contribution in [0.3, 0.4) is 0 Å². The maximum absolute atomic E-state index is 8.89. The van der Waals surface area contributed by atoms with Crippen molar-refractivity contribution >= 4 is 0 Å². The fourth-order valence-electron chi connectivity index (χ4n) is 1.59. The standard InChI is InChI=1S/C13H21NO/c1-3-12-6-4-5-7-13(12)9-14-8-11(2)10-15/h4-7,11,14-15H,3,8-10H2,1-2H3. The van der Waals surface area contributed by atoms with Crippen molar-refractivity contribution in [3.8, 4) is 0 Å². The Labute approximate surface area is 92.3 Å². The van der Waals surface area contributed by atoms with Gasteiger partial charge in [0.05, 0.1) is 0 Å². The van der Waals surface area contributed by atoms with Gasteiger partial charge in [-0.25, -0.2) is 0 Å². The third-order valence-corrected chi connectivity index (χ3v) is 2.62. The Morgan fingerprint density at radius 1 is 1.27 bits per heavy atom. The van der Waals surface area contributed by atoms with Crippen LogP contribution in [0.4, 0.5) is 0 Å². The minimum atomic E-state index is 0.252. The van der Waals surface area contributed by atoms with Gasteiger partial charge in [0, 0.05) is 19.7 Å². The molecule has 2 nitrogen and oxygen atoms in total. The lowest BCUT2D eigenvalue weighted by Crippen LogP contribution is -2.23. The van der Waals surface area contributed by atoms with E-state index in [1.807, 2.05) is 6.92 Å². The first-order chi connectivity index (χ1) is 7.27. The highest BCUT2D eigenvalue weighted by atomic mass is 16.3. The third kappa shape index (κ3) is 4.02. The molecule has 0 saturated carbocycles. The van der Waals surface area contributed by atoms with Crippen LogP contribution in [0.25, 0.3) is 0 Å². The van der Waals surface area contributed by atoms with Gasteiger partial charge in [-0.2, -0.15) is 0 Å². The molecule has 0 fully saturated rings. The Kier molecular flexibility index (Phi) is 5.37. The molecule has 0 radical (unpaired) electrons. The first kappa shape index (κ1) is 12.2. The summed E-state index contributed by atoms with van der Waals surface area (Å²) in [6.07, 6.45) is 1.08. The van der Waals surface area contributed by atoms with E-state index in [1.165, 1.54) is 11.1 Å². The lowest BCUT2D eigenvalue weighted by Gasteiger charge is -2.11. The molecule has 1 unspecified atom stereocenters. The molecule has 0 bridgehead atoms. The molecular formula is C13H21NO. The van der Waals surface area contributed by atoms with Gasteiger partial charge in [0.1, 0.15) is 0 Å². The normalized spacial score (nSPS) is 12.7.